The number of nitrogens with two attached hydrogens (primary N) is 1. The van der Waals surface area contributed by atoms with Crippen molar-refractivity contribution in [1.82, 2.24) is 15.0 Å². The second-order valence-corrected chi connectivity index (χ2v) is 6.15. The molecule has 100 valence electrons. The lowest BCUT2D eigenvalue weighted by Crippen LogP contribution is -2.06. The highest BCUT2D eigenvalue weighted by atomic mass is 35.5. The van der Waals surface area contributed by atoms with Crippen LogP contribution >= 0.6 is 11.6 Å². The largest absolute Gasteiger partial charge is 0.384 e. The van der Waals surface area contributed by atoms with Crippen LogP contribution in [0.5, 0.6) is 0 Å². The molecule has 0 aliphatic carbocycles. The van der Waals surface area contributed by atoms with E-state index >= 15 is 0 Å². The Morgan fingerprint density at radius 3 is 2.63 bits per heavy atom. The number of hydrogen-bond donors (Lipinski definition) is 2. The molecule has 0 atom stereocenters. The molecule has 0 bridgehead atoms. The zero-order chi connectivity index (χ0) is 14.0. The number of halogens is 1. The summed E-state index contributed by atoms with van der Waals surface area (Å²) in [6.45, 7) is 0. The van der Waals surface area contributed by atoms with Crippen LogP contribution in [0.3, 0.4) is 0 Å². The minimum atomic E-state index is -3.47. The van der Waals surface area contributed by atoms with E-state index in [1.165, 1.54) is 24.7 Å². The molecule has 9 heteroatoms. The van der Waals surface area contributed by atoms with Crippen molar-refractivity contribution in [3.8, 4) is 0 Å². The van der Waals surface area contributed by atoms with Crippen molar-refractivity contribution < 1.29 is 8.42 Å². The van der Waals surface area contributed by atoms with E-state index in [2.05, 4.69) is 20.3 Å². The monoisotopic (exact) mass is 299 g/mol. The van der Waals surface area contributed by atoms with Gasteiger partial charge in [-0.15, -0.1) is 0 Å². The van der Waals surface area contributed by atoms with Crippen LogP contribution in [0.25, 0.3) is 0 Å². The Hall–Kier alpha value is -1.93. The van der Waals surface area contributed by atoms with Crippen LogP contribution in [0.4, 0.5) is 17.5 Å². The molecular formula is C10H10ClN5O2S. The van der Waals surface area contributed by atoms with Crippen LogP contribution in [-0.4, -0.2) is 29.6 Å². The fourth-order valence-electron chi connectivity index (χ4n) is 1.36. The van der Waals surface area contributed by atoms with Gasteiger partial charge in [0.1, 0.15) is 28.7 Å². The summed E-state index contributed by atoms with van der Waals surface area (Å²) in [6.07, 6.45) is 3.66. The standard InChI is InChI=1S/C10H10ClN5O2S/c1-19(17,18)7-2-6(11)4-13-10(7)16-9-3-8(12)14-5-15-9/h2-5H,1H3,(H3,12,13,14,15,16). The molecule has 0 amide bonds. The van der Waals surface area contributed by atoms with Crippen LogP contribution in [0.1, 0.15) is 0 Å². The van der Waals surface area contributed by atoms with E-state index in [1.807, 2.05) is 0 Å². The lowest BCUT2D eigenvalue weighted by atomic mass is 10.4. The molecule has 0 aliphatic heterocycles. The van der Waals surface area contributed by atoms with Gasteiger partial charge in [0.15, 0.2) is 9.84 Å². The van der Waals surface area contributed by atoms with Crippen LogP contribution in [0, 0.1) is 0 Å². The molecule has 2 rings (SSSR count). The Morgan fingerprint density at radius 2 is 2.00 bits per heavy atom. The summed E-state index contributed by atoms with van der Waals surface area (Å²) in [4.78, 5) is 11.6. The van der Waals surface area contributed by atoms with Crippen molar-refractivity contribution in [2.45, 2.75) is 4.90 Å². The minimum Gasteiger partial charge on any atom is -0.384 e. The molecule has 0 unspecified atom stereocenters. The van der Waals surface area contributed by atoms with Crippen molar-refractivity contribution in [2.24, 2.45) is 0 Å². The summed E-state index contributed by atoms with van der Waals surface area (Å²) in [6, 6.07) is 2.78. The Kier molecular flexibility index (Phi) is 3.54. The summed E-state index contributed by atoms with van der Waals surface area (Å²) >= 11 is 5.75. The second-order valence-electron chi connectivity index (χ2n) is 3.73. The molecule has 2 aromatic rings. The van der Waals surface area contributed by atoms with Gasteiger partial charge in [0.05, 0.1) is 5.02 Å². The smallest absolute Gasteiger partial charge is 0.179 e. The van der Waals surface area contributed by atoms with E-state index in [9.17, 15) is 8.42 Å². The van der Waals surface area contributed by atoms with Crippen LogP contribution in [0.15, 0.2) is 29.6 Å². The molecule has 0 saturated carbocycles. The molecule has 0 spiro atoms. The number of sulfone groups is 1. The summed E-state index contributed by atoms with van der Waals surface area (Å²) in [5, 5.41) is 3.00. The first-order valence-corrected chi connectivity index (χ1v) is 7.33. The average molecular weight is 300 g/mol. The fraction of sp³-hybridized carbons (Fsp3) is 0.100. The molecule has 3 N–H and O–H groups in total. The topological polar surface area (TPSA) is 111 Å². The van der Waals surface area contributed by atoms with E-state index in [1.54, 1.807) is 0 Å². The molecule has 2 aromatic heterocycles. The summed E-state index contributed by atoms with van der Waals surface area (Å²) < 4.78 is 23.3. The van der Waals surface area contributed by atoms with Crippen molar-refractivity contribution >= 4 is 38.9 Å². The Labute approximate surface area is 114 Å². The van der Waals surface area contributed by atoms with E-state index in [0.29, 0.717) is 5.82 Å². The summed E-state index contributed by atoms with van der Waals surface area (Å²) in [5.74, 6) is 0.726. The van der Waals surface area contributed by atoms with Crippen LogP contribution < -0.4 is 11.1 Å². The first kappa shape index (κ1) is 13.5. The van der Waals surface area contributed by atoms with Gasteiger partial charge in [0.25, 0.3) is 0 Å². The average Bonchev–Trinajstić information content (AvgIpc) is 2.30. The van der Waals surface area contributed by atoms with E-state index in [4.69, 9.17) is 17.3 Å². The lowest BCUT2D eigenvalue weighted by Gasteiger charge is -2.09. The van der Waals surface area contributed by atoms with Gasteiger partial charge >= 0.3 is 0 Å². The molecule has 0 radical (unpaired) electrons. The molecule has 7 nitrogen and oxygen atoms in total. The molecule has 19 heavy (non-hydrogen) atoms. The second kappa shape index (κ2) is 4.98. The summed E-state index contributed by atoms with van der Waals surface area (Å²) in [7, 11) is -3.47. The minimum absolute atomic E-state index is 0.0165. The first-order chi connectivity index (χ1) is 8.86. The van der Waals surface area contributed by atoms with Crippen molar-refractivity contribution in [1.29, 1.82) is 0 Å². The quantitative estimate of drug-likeness (QED) is 0.877. The number of nitrogens with one attached hydrogen (secondary N) is 1. The third-order valence-electron chi connectivity index (χ3n) is 2.15. The molecule has 0 fully saturated rings. The number of aromatic nitrogens is 3. The van der Waals surface area contributed by atoms with Gasteiger partial charge in [-0.2, -0.15) is 0 Å². The van der Waals surface area contributed by atoms with Gasteiger partial charge in [-0.1, -0.05) is 11.6 Å². The predicted molar refractivity (Wildman–Crippen MR) is 72.1 cm³/mol. The van der Waals surface area contributed by atoms with Gasteiger partial charge in [-0.25, -0.2) is 23.4 Å². The van der Waals surface area contributed by atoms with Gasteiger partial charge < -0.3 is 11.1 Å². The molecular weight excluding hydrogens is 290 g/mol. The van der Waals surface area contributed by atoms with Gasteiger partial charge in [0, 0.05) is 18.5 Å². The number of pyridine rings is 1. The number of nitrogen functional groups attached to an aromatic ring is 1. The van der Waals surface area contributed by atoms with E-state index in [0.717, 1.165) is 6.26 Å². The Balaban J connectivity index is 2.46. The molecule has 0 aromatic carbocycles. The maximum absolute atomic E-state index is 11.7. The highest BCUT2D eigenvalue weighted by Gasteiger charge is 2.16. The van der Waals surface area contributed by atoms with E-state index < -0.39 is 9.84 Å². The van der Waals surface area contributed by atoms with Crippen LogP contribution in [-0.2, 0) is 9.84 Å². The zero-order valence-electron chi connectivity index (χ0n) is 9.83. The third kappa shape index (κ3) is 3.30. The predicted octanol–water partition coefficient (Wildman–Crippen LogP) is 1.25. The highest BCUT2D eigenvalue weighted by molar-refractivity contribution is 7.90. The lowest BCUT2D eigenvalue weighted by molar-refractivity contribution is 0.602. The van der Waals surface area contributed by atoms with Gasteiger partial charge in [-0.05, 0) is 6.07 Å². The molecule has 0 aliphatic rings. The van der Waals surface area contributed by atoms with Crippen molar-refractivity contribution in [2.75, 3.05) is 17.3 Å². The maximum Gasteiger partial charge on any atom is 0.179 e. The number of anilines is 3. The summed E-state index contributed by atoms with van der Waals surface area (Å²) in [5.41, 5.74) is 5.51. The third-order valence-corrected chi connectivity index (χ3v) is 3.47. The first-order valence-electron chi connectivity index (χ1n) is 5.06. The Bertz CT molecular complexity index is 720. The normalized spacial score (nSPS) is 11.3. The molecule has 0 saturated heterocycles. The van der Waals surface area contributed by atoms with Crippen LogP contribution in [0.2, 0.25) is 5.02 Å². The fourth-order valence-corrected chi connectivity index (χ4v) is 2.38. The maximum atomic E-state index is 11.7. The Morgan fingerprint density at radius 1 is 1.26 bits per heavy atom. The number of hydrogen-bond acceptors (Lipinski definition) is 7. The number of nitrogens with zero attached hydrogens (tertiary/aromatic N) is 3. The highest BCUT2D eigenvalue weighted by Crippen LogP contribution is 2.24. The zero-order valence-corrected chi connectivity index (χ0v) is 11.4. The van der Waals surface area contributed by atoms with Gasteiger partial charge in [-0.3, -0.25) is 0 Å². The van der Waals surface area contributed by atoms with Crippen molar-refractivity contribution in [3.63, 3.8) is 0 Å². The van der Waals surface area contributed by atoms with E-state index in [-0.39, 0.29) is 21.6 Å². The van der Waals surface area contributed by atoms with Gasteiger partial charge in [0.2, 0.25) is 0 Å². The van der Waals surface area contributed by atoms with Crippen molar-refractivity contribution in [3.05, 3.63) is 29.7 Å². The number of rotatable bonds is 3. The molecule has 2 heterocycles. The SMILES string of the molecule is CS(=O)(=O)c1cc(Cl)cnc1Nc1cc(N)ncn1.